The SMILES string of the molecule is CCN(C(=O)Nc1ccc(Cl)c(Cl)c1)c1cccc(O)c1. The number of carbonyl (C=O) groups excluding carboxylic acids is 1. The van der Waals surface area contributed by atoms with Gasteiger partial charge in [0, 0.05) is 24.0 Å². The second-order valence-electron chi connectivity index (χ2n) is 4.32. The lowest BCUT2D eigenvalue weighted by atomic mass is 10.2. The highest BCUT2D eigenvalue weighted by Crippen LogP contribution is 2.26. The number of carbonyl (C=O) groups is 1. The molecule has 0 aromatic heterocycles. The number of rotatable bonds is 3. The number of phenols is 1. The van der Waals surface area contributed by atoms with Gasteiger partial charge in [0.15, 0.2) is 0 Å². The minimum absolute atomic E-state index is 0.105. The molecule has 0 spiro atoms. The van der Waals surface area contributed by atoms with Crippen LogP contribution in [-0.2, 0) is 0 Å². The Morgan fingerprint density at radius 3 is 2.57 bits per heavy atom. The molecule has 0 radical (unpaired) electrons. The zero-order valence-corrected chi connectivity index (χ0v) is 12.8. The van der Waals surface area contributed by atoms with Crippen molar-refractivity contribution in [1.82, 2.24) is 0 Å². The van der Waals surface area contributed by atoms with Crippen LogP contribution in [0.3, 0.4) is 0 Å². The molecular weight excluding hydrogens is 311 g/mol. The first-order valence-corrected chi connectivity index (χ1v) is 7.09. The van der Waals surface area contributed by atoms with Gasteiger partial charge in [0.1, 0.15) is 5.75 Å². The van der Waals surface area contributed by atoms with Gasteiger partial charge in [0.05, 0.1) is 10.0 Å². The Morgan fingerprint density at radius 2 is 1.95 bits per heavy atom. The van der Waals surface area contributed by atoms with E-state index in [1.165, 1.54) is 11.0 Å². The van der Waals surface area contributed by atoms with Crippen LogP contribution in [0.5, 0.6) is 5.75 Å². The lowest BCUT2D eigenvalue weighted by Crippen LogP contribution is -2.34. The normalized spacial score (nSPS) is 10.2. The maximum absolute atomic E-state index is 12.3. The van der Waals surface area contributed by atoms with Crippen molar-refractivity contribution in [2.45, 2.75) is 6.92 Å². The second kappa shape index (κ2) is 6.70. The molecule has 0 bridgehead atoms. The zero-order valence-electron chi connectivity index (χ0n) is 11.3. The van der Waals surface area contributed by atoms with Gasteiger partial charge in [-0.25, -0.2) is 4.79 Å². The number of hydrogen-bond acceptors (Lipinski definition) is 2. The lowest BCUT2D eigenvalue weighted by molar-refractivity contribution is 0.257. The first-order valence-electron chi connectivity index (χ1n) is 6.34. The second-order valence-corrected chi connectivity index (χ2v) is 5.14. The summed E-state index contributed by atoms with van der Waals surface area (Å²) in [6.07, 6.45) is 0. The summed E-state index contributed by atoms with van der Waals surface area (Å²) in [7, 11) is 0. The minimum atomic E-state index is -0.318. The van der Waals surface area contributed by atoms with Gasteiger partial charge in [0.25, 0.3) is 0 Å². The Morgan fingerprint density at radius 1 is 1.19 bits per heavy atom. The number of hydrogen-bond donors (Lipinski definition) is 2. The van der Waals surface area contributed by atoms with E-state index in [9.17, 15) is 9.90 Å². The maximum Gasteiger partial charge on any atom is 0.326 e. The predicted molar refractivity (Wildman–Crippen MR) is 86.6 cm³/mol. The van der Waals surface area contributed by atoms with Crippen molar-refractivity contribution >= 4 is 40.6 Å². The standard InChI is InChI=1S/C15H14Cl2N2O2/c1-2-19(11-4-3-5-12(20)9-11)15(21)18-10-6-7-13(16)14(17)8-10/h3-9,20H,2H2,1H3,(H,18,21). The summed E-state index contributed by atoms with van der Waals surface area (Å²) in [5.41, 5.74) is 1.16. The molecule has 0 aliphatic rings. The smallest absolute Gasteiger partial charge is 0.326 e. The predicted octanol–water partition coefficient (Wildman–Crippen LogP) is 4.76. The van der Waals surface area contributed by atoms with E-state index < -0.39 is 0 Å². The van der Waals surface area contributed by atoms with Crippen molar-refractivity contribution in [3.63, 3.8) is 0 Å². The van der Waals surface area contributed by atoms with Gasteiger partial charge in [-0.15, -0.1) is 0 Å². The molecule has 0 heterocycles. The lowest BCUT2D eigenvalue weighted by Gasteiger charge is -2.21. The summed E-state index contributed by atoms with van der Waals surface area (Å²) in [5.74, 6) is 0.105. The highest BCUT2D eigenvalue weighted by molar-refractivity contribution is 6.42. The molecule has 21 heavy (non-hydrogen) atoms. The van der Waals surface area contributed by atoms with Crippen molar-refractivity contribution in [1.29, 1.82) is 0 Å². The third kappa shape index (κ3) is 3.80. The van der Waals surface area contributed by atoms with Crippen LogP contribution >= 0.6 is 23.2 Å². The third-order valence-corrected chi connectivity index (χ3v) is 3.61. The molecule has 0 saturated heterocycles. The molecule has 0 saturated carbocycles. The minimum Gasteiger partial charge on any atom is -0.508 e. The van der Waals surface area contributed by atoms with Gasteiger partial charge in [-0.1, -0.05) is 29.3 Å². The summed E-state index contributed by atoms with van der Waals surface area (Å²) in [4.78, 5) is 13.8. The van der Waals surface area contributed by atoms with Crippen molar-refractivity contribution < 1.29 is 9.90 Å². The van der Waals surface area contributed by atoms with Crippen LogP contribution in [0.15, 0.2) is 42.5 Å². The molecule has 2 N–H and O–H groups in total. The molecule has 2 aromatic carbocycles. The van der Waals surface area contributed by atoms with Crippen LogP contribution in [-0.4, -0.2) is 17.7 Å². The van der Waals surface area contributed by atoms with E-state index in [1.807, 2.05) is 6.92 Å². The molecule has 110 valence electrons. The monoisotopic (exact) mass is 324 g/mol. The molecule has 0 aliphatic carbocycles. The Bertz CT molecular complexity index is 662. The Balaban J connectivity index is 2.18. The number of anilines is 2. The molecular formula is C15H14Cl2N2O2. The highest BCUT2D eigenvalue weighted by Gasteiger charge is 2.14. The van der Waals surface area contributed by atoms with Crippen LogP contribution in [0.2, 0.25) is 10.0 Å². The average molecular weight is 325 g/mol. The molecule has 6 heteroatoms. The summed E-state index contributed by atoms with van der Waals surface area (Å²) < 4.78 is 0. The van der Waals surface area contributed by atoms with Gasteiger partial charge >= 0.3 is 6.03 Å². The Hall–Kier alpha value is -1.91. The van der Waals surface area contributed by atoms with Gasteiger partial charge in [0.2, 0.25) is 0 Å². The van der Waals surface area contributed by atoms with Crippen LogP contribution < -0.4 is 10.2 Å². The third-order valence-electron chi connectivity index (χ3n) is 2.87. The van der Waals surface area contributed by atoms with Gasteiger partial charge in [-0.3, -0.25) is 4.90 Å². The molecule has 2 amide bonds. The molecule has 0 aliphatic heterocycles. The first kappa shape index (κ1) is 15.5. The number of aromatic hydroxyl groups is 1. The van der Waals surface area contributed by atoms with Crippen molar-refractivity contribution in [3.8, 4) is 5.75 Å². The topological polar surface area (TPSA) is 52.6 Å². The van der Waals surface area contributed by atoms with Gasteiger partial charge in [-0.05, 0) is 37.3 Å². The molecule has 0 unspecified atom stereocenters. The summed E-state index contributed by atoms with van der Waals surface area (Å²) in [6, 6.07) is 11.1. The zero-order chi connectivity index (χ0) is 15.4. The fourth-order valence-electron chi connectivity index (χ4n) is 1.87. The average Bonchev–Trinajstić information content (AvgIpc) is 2.44. The van der Waals surface area contributed by atoms with E-state index in [4.69, 9.17) is 23.2 Å². The summed E-state index contributed by atoms with van der Waals surface area (Å²) in [5, 5.41) is 13.0. The highest BCUT2D eigenvalue weighted by atomic mass is 35.5. The van der Waals surface area contributed by atoms with Crippen molar-refractivity contribution in [2.75, 3.05) is 16.8 Å². The molecule has 4 nitrogen and oxygen atoms in total. The van der Waals surface area contributed by atoms with Crippen molar-refractivity contribution in [2.24, 2.45) is 0 Å². The van der Waals surface area contributed by atoms with Crippen LogP contribution in [0, 0.1) is 0 Å². The largest absolute Gasteiger partial charge is 0.508 e. The number of nitrogens with one attached hydrogen (secondary N) is 1. The van der Waals surface area contributed by atoms with Gasteiger partial charge < -0.3 is 10.4 Å². The number of phenolic OH excluding ortho intramolecular Hbond substituents is 1. The molecule has 2 rings (SSSR count). The Kier molecular flexibility index (Phi) is 4.94. The van der Waals surface area contributed by atoms with Crippen LogP contribution in [0.1, 0.15) is 6.92 Å². The van der Waals surface area contributed by atoms with Crippen molar-refractivity contribution in [3.05, 3.63) is 52.5 Å². The Labute approximate surface area is 132 Å². The summed E-state index contributed by atoms with van der Waals surface area (Å²) in [6.45, 7) is 2.30. The van der Waals surface area contributed by atoms with Crippen LogP contribution in [0.25, 0.3) is 0 Å². The fourth-order valence-corrected chi connectivity index (χ4v) is 2.17. The number of halogens is 2. The number of urea groups is 1. The summed E-state index contributed by atoms with van der Waals surface area (Å²) >= 11 is 11.8. The van der Waals surface area contributed by atoms with E-state index in [0.717, 1.165) is 0 Å². The van der Waals surface area contributed by atoms with Gasteiger partial charge in [-0.2, -0.15) is 0 Å². The van der Waals surface area contributed by atoms with E-state index >= 15 is 0 Å². The number of benzene rings is 2. The number of amides is 2. The quantitative estimate of drug-likeness (QED) is 0.855. The fraction of sp³-hybridized carbons (Fsp3) is 0.133. The van der Waals surface area contributed by atoms with Crippen LogP contribution in [0.4, 0.5) is 16.2 Å². The molecule has 0 atom stereocenters. The van der Waals surface area contributed by atoms with E-state index in [1.54, 1.807) is 36.4 Å². The van der Waals surface area contributed by atoms with E-state index in [2.05, 4.69) is 5.32 Å². The van der Waals surface area contributed by atoms with E-state index in [-0.39, 0.29) is 11.8 Å². The number of nitrogens with zero attached hydrogens (tertiary/aromatic N) is 1. The molecule has 0 fully saturated rings. The maximum atomic E-state index is 12.3. The van der Waals surface area contributed by atoms with E-state index in [0.29, 0.717) is 28.0 Å². The first-order chi connectivity index (χ1) is 10.0. The molecule has 2 aromatic rings.